The van der Waals surface area contributed by atoms with Gasteiger partial charge in [0, 0.05) is 23.9 Å². The van der Waals surface area contributed by atoms with Crippen molar-refractivity contribution in [3.05, 3.63) is 47.5 Å². The molecule has 3 rings (SSSR count). The summed E-state index contributed by atoms with van der Waals surface area (Å²) < 4.78 is 58.4. The Balaban J connectivity index is 1.99. The molecule has 162 valence electrons. The van der Waals surface area contributed by atoms with Gasteiger partial charge >= 0.3 is 6.36 Å². The molecule has 1 amide bonds. The van der Waals surface area contributed by atoms with E-state index in [1.165, 1.54) is 56.2 Å². The SMILES string of the molecule is COc1cc(OC)c(C2SCCN2C(=O)c2ccccc2OC(F)(F)F)cc1OC. The van der Waals surface area contributed by atoms with E-state index in [1.807, 2.05) is 0 Å². The summed E-state index contributed by atoms with van der Waals surface area (Å²) in [6.07, 6.45) is -4.90. The minimum atomic E-state index is -4.90. The maximum atomic E-state index is 13.2. The molecule has 0 aromatic heterocycles. The highest BCUT2D eigenvalue weighted by Crippen LogP contribution is 2.46. The number of para-hydroxylation sites is 1. The Morgan fingerprint density at radius 1 is 1.00 bits per heavy atom. The third-order valence-electron chi connectivity index (χ3n) is 4.50. The Labute approximate surface area is 175 Å². The van der Waals surface area contributed by atoms with Crippen LogP contribution in [0.15, 0.2) is 36.4 Å². The van der Waals surface area contributed by atoms with E-state index in [9.17, 15) is 18.0 Å². The summed E-state index contributed by atoms with van der Waals surface area (Å²) in [5.74, 6) is 0.893. The monoisotopic (exact) mass is 443 g/mol. The summed E-state index contributed by atoms with van der Waals surface area (Å²) in [5.41, 5.74) is 0.488. The van der Waals surface area contributed by atoms with Crippen molar-refractivity contribution in [2.75, 3.05) is 33.6 Å². The van der Waals surface area contributed by atoms with Crippen molar-refractivity contribution in [2.45, 2.75) is 11.7 Å². The normalized spacial score (nSPS) is 16.3. The minimum Gasteiger partial charge on any atom is -0.496 e. The molecule has 1 fully saturated rings. The van der Waals surface area contributed by atoms with Gasteiger partial charge in [-0.3, -0.25) is 4.79 Å². The van der Waals surface area contributed by atoms with Gasteiger partial charge in [0.05, 0.1) is 26.9 Å². The molecule has 10 heteroatoms. The van der Waals surface area contributed by atoms with Gasteiger partial charge in [0.1, 0.15) is 16.9 Å². The molecule has 0 N–H and O–H groups in total. The number of carbonyl (C=O) groups is 1. The molecule has 1 saturated heterocycles. The van der Waals surface area contributed by atoms with Crippen LogP contribution in [0.3, 0.4) is 0 Å². The number of ether oxygens (including phenoxy) is 4. The molecule has 2 aromatic rings. The first kappa shape index (κ1) is 21.9. The van der Waals surface area contributed by atoms with Crippen LogP contribution < -0.4 is 18.9 Å². The van der Waals surface area contributed by atoms with Crippen LogP contribution in [-0.4, -0.2) is 50.8 Å². The van der Waals surface area contributed by atoms with E-state index in [0.29, 0.717) is 35.1 Å². The van der Waals surface area contributed by atoms with Gasteiger partial charge < -0.3 is 23.8 Å². The average molecular weight is 443 g/mol. The maximum absolute atomic E-state index is 13.2. The first-order chi connectivity index (χ1) is 14.3. The van der Waals surface area contributed by atoms with Gasteiger partial charge in [0.25, 0.3) is 5.91 Å². The van der Waals surface area contributed by atoms with Crippen molar-refractivity contribution < 1.29 is 36.9 Å². The van der Waals surface area contributed by atoms with Gasteiger partial charge in [-0.05, 0) is 18.2 Å². The van der Waals surface area contributed by atoms with E-state index in [2.05, 4.69) is 4.74 Å². The number of carbonyl (C=O) groups excluding carboxylic acids is 1. The lowest BCUT2D eigenvalue weighted by Crippen LogP contribution is -2.31. The molecule has 0 saturated carbocycles. The van der Waals surface area contributed by atoms with Crippen LogP contribution in [0.1, 0.15) is 21.3 Å². The number of hydrogen-bond acceptors (Lipinski definition) is 6. The molecular formula is C20H20F3NO5S. The molecule has 1 aliphatic heterocycles. The maximum Gasteiger partial charge on any atom is 0.573 e. The molecule has 1 atom stereocenters. The lowest BCUT2D eigenvalue weighted by molar-refractivity contribution is -0.274. The van der Waals surface area contributed by atoms with Crippen LogP contribution >= 0.6 is 11.8 Å². The molecule has 1 unspecified atom stereocenters. The fraction of sp³-hybridized carbons (Fsp3) is 0.350. The zero-order valence-corrected chi connectivity index (χ0v) is 17.3. The Morgan fingerprint density at radius 3 is 2.27 bits per heavy atom. The van der Waals surface area contributed by atoms with Crippen LogP contribution in [0.4, 0.5) is 13.2 Å². The molecule has 6 nitrogen and oxygen atoms in total. The fourth-order valence-corrected chi connectivity index (χ4v) is 4.46. The fourth-order valence-electron chi connectivity index (χ4n) is 3.19. The highest BCUT2D eigenvalue weighted by molar-refractivity contribution is 7.99. The van der Waals surface area contributed by atoms with E-state index in [4.69, 9.17) is 14.2 Å². The number of methoxy groups -OCH3 is 3. The Bertz CT molecular complexity index is 922. The quantitative estimate of drug-likeness (QED) is 0.655. The minimum absolute atomic E-state index is 0.165. The van der Waals surface area contributed by atoms with Crippen LogP contribution in [0.2, 0.25) is 0 Å². The Morgan fingerprint density at radius 2 is 1.63 bits per heavy atom. The number of hydrogen-bond donors (Lipinski definition) is 0. The highest BCUT2D eigenvalue weighted by atomic mass is 32.2. The molecule has 2 aromatic carbocycles. The van der Waals surface area contributed by atoms with Gasteiger partial charge in [0.15, 0.2) is 11.5 Å². The summed E-state index contributed by atoms with van der Waals surface area (Å²) >= 11 is 1.47. The largest absolute Gasteiger partial charge is 0.573 e. The van der Waals surface area contributed by atoms with Crippen molar-refractivity contribution in [3.63, 3.8) is 0 Å². The summed E-state index contributed by atoms with van der Waals surface area (Å²) in [5, 5.41) is -0.480. The third-order valence-corrected chi connectivity index (χ3v) is 5.74. The first-order valence-electron chi connectivity index (χ1n) is 8.86. The molecule has 30 heavy (non-hydrogen) atoms. The van der Waals surface area contributed by atoms with Crippen molar-refractivity contribution in [2.24, 2.45) is 0 Å². The summed E-state index contributed by atoms with van der Waals surface area (Å²) in [6.45, 7) is 0.353. The van der Waals surface area contributed by atoms with Crippen molar-refractivity contribution in [1.82, 2.24) is 4.90 Å². The van der Waals surface area contributed by atoms with E-state index in [1.54, 1.807) is 12.1 Å². The van der Waals surface area contributed by atoms with Crippen LogP contribution in [0.5, 0.6) is 23.0 Å². The Kier molecular flexibility index (Phi) is 6.55. The molecular weight excluding hydrogens is 423 g/mol. The standard InChI is InChI=1S/C20H20F3NO5S/c1-26-15-11-17(28-3)16(27-2)10-13(15)19-24(8-9-30-19)18(25)12-6-4-5-7-14(12)29-20(21,22)23/h4-7,10-11,19H,8-9H2,1-3H3. The van der Waals surface area contributed by atoms with E-state index < -0.39 is 23.4 Å². The molecule has 0 aliphatic carbocycles. The topological polar surface area (TPSA) is 57.2 Å². The number of nitrogens with zero attached hydrogens (tertiary/aromatic N) is 1. The highest BCUT2D eigenvalue weighted by Gasteiger charge is 2.37. The van der Waals surface area contributed by atoms with E-state index in [0.717, 1.165) is 6.07 Å². The van der Waals surface area contributed by atoms with Crippen molar-refractivity contribution in [3.8, 4) is 23.0 Å². The lowest BCUT2D eigenvalue weighted by atomic mass is 10.1. The second-order valence-corrected chi connectivity index (χ2v) is 7.40. The predicted octanol–water partition coefficient (Wildman–Crippen LogP) is 4.50. The zero-order chi connectivity index (χ0) is 21.9. The van der Waals surface area contributed by atoms with E-state index in [-0.39, 0.29) is 5.56 Å². The third kappa shape index (κ3) is 4.53. The van der Waals surface area contributed by atoms with Crippen molar-refractivity contribution >= 4 is 17.7 Å². The van der Waals surface area contributed by atoms with Gasteiger partial charge in [-0.2, -0.15) is 0 Å². The number of thioether (sulfide) groups is 1. The van der Waals surface area contributed by atoms with Gasteiger partial charge in [-0.1, -0.05) is 12.1 Å². The number of rotatable bonds is 6. The number of amides is 1. The van der Waals surface area contributed by atoms with E-state index >= 15 is 0 Å². The van der Waals surface area contributed by atoms with Gasteiger partial charge in [0.2, 0.25) is 0 Å². The molecule has 0 bridgehead atoms. The smallest absolute Gasteiger partial charge is 0.496 e. The van der Waals surface area contributed by atoms with Gasteiger partial charge in [-0.25, -0.2) is 0 Å². The van der Waals surface area contributed by atoms with Gasteiger partial charge in [-0.15, -0.1) is 24.9 Å². The molecule has 1 heterocycles. The Hall–Kier alpha value is -2.75. The summed E-state index contributed by atoms with van der Waals surface area (Å²) in [4.78, 5) is 14.7. The lowest BCUT2D eigenvalue weighted by Gasteiger charge is -2.27. The number of halogens is 3. The number of alkyl halides is 3. The summed E-state index contributed by atoms with van der Waals surface area (Å²) in [7, 11) is 4.47. The molecule has 1 aliphatic rings. The second kappa shape index (κ2) is 8.95. The average Bonchev–Trinajstić information content (AvgIpc) is 3.21. The zero-order valence-electron chi connectivity index (χ0n) is 16.5. The first-order valence-corrected chi connectivity index (χ1v) is 9.91. The van der Waals surface area contributed by atoms with Crippen molar-refractivity contribution in [1.29, 1.82) is 0 Å². The molecule has 0 spiro atoms. The molecule has 0 radical (unpaired) electrons. The second-order valence-electron chi connectivity index (χ2n) is 6.21. The number of benzene rings is 2. The van der Waals surface area contributed by atoms with Crippen LogP contribution in [0, 0.1) is 0 Å². The predicted molar refractivity (Wildman–Crippen MR) is 105 cm³/mol. The van der Waals surface area contributed by atoms with Crippen LogP contribution in [-0.2, 0) is 0 Å². The summed E-state index contributed by atoms with van der Waals surface area (Å²) in [6, 6.07) is 8.66. The van der Waals surface area contributed by atoms with Crippen LogP contribution in [0.25, 0.3) is 0 Å².